The number of aromatic amines is 1. The average Bonchev–Trinajstić information content (AvgIpc) is 2.43. The van der Waals surface area contributed by atoms with Gasteiger partial charge < -0.3 is 10.3 Å². The summed E-state index contributed by atoms with van der Waals surface area (Å²) >= 11 is 11.3. The van der Waals surface area contributed by atoms with Crippen molar-refractivity contribution in [2.24, 2.45) is 0 Å². The lowest BCUT2D eigenvalue weighted by molar-refractivity contribution is -0.137. The van der Waals surface area contributed by atoms with Crippen LogP contribution >= 0.6 is 23.2 Å². The lowest BCUT2D eigenvalue weighted by Crippen LogP contribution is -2.21. The van der Waals surface area contributed by atoms with Crippen molar-refractivity contribution in [3.8, 4) is 0 Å². The van der Waals surface area contributed by atoms with Gasteiger partial charge in [0.1, 0.15) is 10.8 Å². The Morgan fingerprint density at radius 1 is 1.27 bits per heavy atom. The molecule has 0 saturated carbocycles. The Kier molecular flexibility index (Phi) is 4.43. The zero-order chi connectivity index (χ0) is 16.5. The van der Waals surface area contributed by atoms with Crippen LogP contribution in [0.3, 0.4) is 0 Å². The molecule has 0 aromatic carbocycles. The molecule has 2 heterocycles. The molecule has 0 aliphatic heterocycles. The number of nitrogens with zero attached hydrogens (tertiary/aromatic N) is 1. The van der Waals surface area contributed by atoms with Crippen LogP contribution in [0.1, 0.15) is 15.9 Å². The summed E-state index contributed by atoms with van der Waals surface area (Å²) in [6.45, 7) is 0. The van der Waals surface area contributed by atoms with Crippen LogP contribution in [-0.4, -0.2) is 15.9 Å². The molecule has 0 radical (unpaired) electrons. The standard InChI is InChI=1S/C12H6Cl2F3N3O2/c13-7-1-5(3-18-9(7)14)10(21)20-8-2-6(12(15,16)17)4-19-11(8)22/h1-4H,(H,19,22)(H,20,21). The van der Waals surface area contributed by atoms with Crippen molar-refractivity contribution in [3.63, 3.8) is 0 Å². The van der Waals surface area contributed by atoms with Gasteiger partial charge in [-0.15, -0.1) is 0 Å². The highest BCUT2D eigenvalue weighted by atomic mass is 35.5. The van der Waals surface area contributed by atoms with E-state index in [0.717, 1.165) is 6.20 Å². The fraction of sp³-hybridized carbons (Fsp3) is 0.0833. The van der Waals surface area contributed by atoms with Gasteiger partial charge in [0.25, 0.3) is 11.5 Å². The van der Waals surface area contributed by atoms with Crippen LogP contribution in [0.5, 0.6) is 0 Å². The Hall–Kier alpha value is -2.06. The van der Waals surface area contributed by atoms with Crippen molar-refractivity contribution in [2.45, 2.75) is 6.18 Å². The van der Waals surface area contributed by atoms with Crippen LogP contribution in [0.2, 0.25) is 10.2 Å². The summed E-state index contributed by atoms with van der Waals surface area (Å²) in [7, 11) is 0. The molecule has 1 amide bonds. The molecule has 0 unspecified atom stereocenters. The highest BCUT2D eigenvalue weighted by Gasteiger charge is 2.31. The summed E-state index contributed by atoms with van der Waals surface area (Å²) < 4.78 is 37.7. The van der Waals surface area contributed by atoms with Gasteiger partial charge in [0.05, 0.1) is 16.1 Å². The quantitative estimate of drug-likeness (QED) is 0.814. The lowest BCUT2D eigenvalue weighted by Gasteiger charge is -2.09. The molecule has 0 bridgehead atoms. The van der Waals surface area contributed by atoms with E-state index in [-0.39, 0.29) is 15.7 Å². The second-order valence-corrected chi connectivity index (χ2v) is 4.84. The molecule has 2 rings (SSSR count). The predicted octanol–water partition coefficient (Wildman–Crippen LogP) is 3.35. The smallest absolute Gasteiger partial charge is 0.327 e. The number of nitrogens with one attached hydrogen (secondary N) is 2. The van der Waals surface area contributed by atoms with E-state index in [2.05, 4.69) is 10.3 Å². The Bertz CT molecular complexity index is 790. The molecule has 0 aliphatic rings. The molecule has 22 heavy (non-hydrogen) atoms. The summed E-state index contributed by atoms with van der Waals surface area (Å²) in [5.74, 6) is -0.851. The normalized spacial score (nSPS) is 11.3. The Balaban J connectivity index is 2.32. The number of rotatable bonds is 2. The van der Waals surface area contributed by atoms with Gasteiger partial charge in [-0.05, 0) is 12.1 Å². The number of alkyl halides is 3. The van der Waals surface area contributed by atoms with Gasteiger partial charge in [-0.1, -0.05) is 23.2 Å². The van der Waals surface area contributed by atoms with Gasteiger partial charge in [0, 0.05) is 12.4 Å². The van der Waals surface area contributed by atoms with E-state index in [9.17, 15) is 22.8 Å². The molecule has 0 spiro atoms. The highest BCUT2D eigenvalue weighted by Crippen LogP contribution is 2.29. The van der Waals surface area contributed by atoms with Gasteiger partial charge in [0.15, 0.2) is 0 Å². The van der Waals surface area contributed by atoms with Gasteiger partial charge >= 0.3 is 6.18 Å². The number of hydrogen-bond acceptors (Lipinski definition) is 3. The van der Waals surface area contributed by atoms with Crippen LogP contribution < -0.4 is 10.9 Å². The summed E-state index contributed by atoms with van der Waals surface area (Å²) in [5.41, 5.74) is -2.60. The number of amides is 1. The zero-order valence-corrected chi connectivity index (χ0v) is 12.0. The summed E-state index contributed by atoms with van der Waals surface area (Å²) in [6.07, 6.45) is -3.07. The maximum Gasteiger partial charge on any atom is 0.417 e. The first-order valence-corrected chi connectivity index (χ1v) is 6.36. The summed E-state index contributed by atoms with van der Waals surface area (Å²) in [6, 6.07) is 1.70. The van der Waals surface area contributed by atoms with E-state index in [1.54, 1.807) is 0 Å². The highest BCUT2D eigenvalue weighted by molar-refractivity contribution is 6.41. The molecule has 5 nitrogen and oxygen atoms in total. The number of pyridine rings is 2. The van der Waals surface area contributed by atoms with Crippen molar-refractivity contribution < 1.29 is 18.0 Å². The second kappa shape index (κ2) is 5.98. The minimum atomic E-state index is -4.66. The number of carbonyl (C=O) groups excluding carboxylic acids is 1. The fourth-order valence-electron chi connectivity index (χ4n) is 1.48. The van der Waals surface area contributed by atoms with Crippen molar-refractivity contribution >= 4 is 34.8 Å². The number of aromatic nitrogens is 2. The third-order valence-corrected chi connectivity index (χ3v) is 3.22. The SMILES string of the molecule is O=C(Nc1cc(C(F)(F)F)c[nH]c1=O)c1cnc(Cl)c(Cl)c1. The zero-order valence-electron chi connectivity index (χ0n) is 10.5. The number of H-pyrrole nitrogens is 1. The summed E-state index contributed by atoms with van der Waals surface area (Å²) in [5, 5.41) is 2.02. The number of halogens is 5. The largest absolute Gasteiger partial charge is 0.417 e. The molecule has 2 aromatic rings. The number of anilines is 1. The molecular formula is C12H6Cl2F3N3O2. The maximum atomic E-state index is 12.6. The van der Waals surface area contributed by atoms with E-state index in [1.807, 2.05) is 4.98 Å². The van der Waals surface area contributed by atoms with Crippen molar-refractivity contribution in [1.29, 1.82) is 0 Å². The fourth-order valence-corrected chi connectivity index (χ4v) is 1.75. The first-order chi connectivity index (χ1) is 10.2. The maximum absolute atomic E-state index is 12.6. The van der Waals surface area contributed by atoms with Gasteiger partial charge in [-0.2, -0.15) is 13.2 Å². The van der Waals surface area contributed by atoms with Crippen LogP contribution in [-0.2, 0) is 6.18 Å². The summed E-state index contributed by atoms with van der Waals surface area (Å²) in [4.78, 5) is 28.9. The molecule has 2 N–H and O–H groups in total. The third-order valence-electron chi connectivity index (χ3n) is 2.54. The lowest BCUT2D eigenvalue weighted by atomic mass is 10.2. The van der Waals surface area contributed by atoms with E-state index < -0.39 is 28.9 Å². The first-order valence-electron chi connectivity index (χ1n) is 5.61. The molecule has 0 fully saturated rings. The molecule has 10 heteroatoms. The average molecular weight is 352 g/mol. The van der Waals surface area contributed by atoms with Gasteiger partial charge in [0.2, 0.25) is 0 Å². The Labute approximate surface area is 131 Å². The van der Waals surface area contributed by atoms with Crippen molar-refractivity contribution in [1.82, 2.24) is 9.97 Å². The minimum Gasteiger partial charge on any atom is -0.327 e. The molecular weight excluding hydrogens is 346 g/mol. The minimum absolute atomic E-state index is 0.00716. The van der Waals surface area contributed by atoms with Crippen LogP contribution in [0.25, 0.3) is 0 Å². The predicted molar refractivity (Wildman–Crippen MR) is 74.3 cm³/mol. The van der Waals surface area contributed by atoms with Crippen LogP contribution in [0.15, 0.2) is 29.3 Å². The Morgan fingerprint density at radius 2 is 1.95 bits per heavy atom. The van der Waals surface area contributed by atoms with E-state index in [0.29, 0.717) is 12.3 Å². The molecule has 0 aliphatic carbocycles. The van der Waals surface area contributed by atoms with Gasteiger partial charge in [-0.3, -0.25) is 9.59 Å². The van der Waals surface area contributed by atoms with Crippen LogP contribution in [0, 0.1) is 0 Å². The molecule has 116 valence electrons. The first kappa shape index (κ1) is 16.3. The molecule has 2 aromatic heterocycles. The Morgan fingerprint density at radius 3 is 2.55 bits per heavy atom. The monoisotopic (exact) mass is 351 g/mol. The molecule has 0 atom stereocenters. The van der Waals surface area contributed by atoms with Crippen molar-refractivity contribution in [3.05, 3.63) is 56.2 Å². The van der Waals surface area contributed by atoms with Crippen LogP contribution in [0.4, 0.5) is 18.9 Å². The third kappa shape index (κ3) is 3.58. The van der Waals surface area contributed by atoms with E-state index in [1.165, 1.54) is 6.07 Å². The van der Waals surface area contributed by atoms with Crippen molar-refractivity contribution in [2.75, 3.05) is 5.32 Å². The van der Waals surface area contributed by atoms with E-state index >= 15 is 0 Å². The van der Waals surface area contributed by atoms with E-state index in [4.69, 9.17) is 23.2 Å². The topological polar surface area (TPSA) is 74.8 Å². The van der Waals surface area contributed by atoms with Gasteiger partial charge in [-0.25, -0.2) is 4.98 Å². The second-order valence-electron chi connectivity index (χ2n) is 4.08. The molecule has 0 saturated heterocycles. The number of hydrogen-bond donors (Lipinski definition) is 2. The number of carbonyl (C=O) groups is 1.